The van der Waals surface area contributed by atoms with Gasteiger partial charge in [-0.15, -0.1) is 0 Å². The first-order valence-corrected chi connectivity index (χ1v) is 5.81. The van der Waals surface area contributed by atoms with Gasteiger partial charge in [0.15, 0.2) is 6.73 Å². The van der Waals surface area contributed by atoms with Crippen LogP contribution in [0.3, 0.4) is 0 Å². The maximum atomic E-state index is 13.1. The van der Waals surface area contributed by atoms with Gasteiger partial charge in [-0.1, -0.05) is 0 Å². The largest absolute Gasteiger partial charge is 0.476 e. The van der Waals surface area contributed by atoms with E-state index in [4.69, 9.17) is 9.84 Å². The fraction of sp³-hybridized carbons (Fsp3) is 0.0909. The number of benzene rings is 1. The Labute approximate surface area is 125 Å². The number of nitro benzene ring substituents is 1. The zero-order chi connectivity index (χ0) is 17.1. The molecular weight excluding hydrogens is 319 g/mol. The molecule has 0 bridgehead atoms. The number of ether oxygens (including phenoxy) is 1. The average molecular weight is 326 g/mol. The lowest BCUT2D eigenvalue weighted by atomic mass is 10.3. The Morgan fingerprint density at radius 1 is 1.30 bits per heavy atom. The van der Waals surface area contributed by atoms with Crippen LogP contribution < -0.4 is 4.74 Å². The zero-order valence-electron chi connectivity index (χ0n) is 11.1. The smallest absolute Gasteiger partial charge is 0.363 e. The third-order valence-electron chi connectivity index (χ3n) is 2.61. The molecule has 0 amide bonds. The molecular formula is C11H7FN4O7. The zero-order valence-corrected chi connectivity index (χ0v) is 11.1. The number of hydrogen-bond acceptors (Lipinski definition) is 7. The van der Waals surface area contributed by atoms with Gasteiger partial charge in [-0.05, 0) is 6.07 Å². The summed E-state index contributed by atoms with van der Waals surface area (Å²) in [5.74, 6) is -2.83. The van der Waals surface area contributed by atoms with Crippen molar-refractivity contribution in [2.45, 2.75) is 6.73 Å². The summed E-state index contributed by atoms with van der Waals surface area (Å²) in [6, 6.07) is 2.51. The van der Waals surface area contributed by atoms with Gasteiger partial charge in [0.05, 0.1) is 9.85 Å². The van der Waals surface area contributed by atoms with Crippen LogP contribution in [-0.4, -0.2) is 30.7 Å². The second-order valence-corrected chi connectivity index (χ2v) is 4.11. The van der Waals surface area contributed by atoms with Gasteiger partial charge in [0.25, 0.3) is 0 Å². The van der Waals surface area contributed by atoms with Crippen LogP contribution in [-0.2, 0) is 6.73 Å². The Morgan fingerprint density at radius 3 is 2.48 bits per heavy atom. The lowest BCUT2D eigenvalue weighted by Crippen LogP contribution is -2.08. The Bertz CT molecular complexity index is 772. The van der Waals surface area contributed by atoms with E-state index < -0.39 is 51.2 Å². The topological polar surface area (TPSA) is 151 Å². The highest BCUT2D eigenvalue weighted by Gasteiger charge is 2.25. The molecule has 0 radical (unpaired) electrons. The summed E-state index contributed by atoms with van der Waals surface area (Å²) in [5.41, 5.74) is -2.10. The predicted molar refractivity (Wildman–Crippen MR) is 69.5 cm³/mol. The van der Waals surface area contributed by atoms with Crippen molar-refractivity contribution in [2.24, 2.45) is 0 Å². The molecule has 120 valence electrons. The molecule has 1 aromatic heterocycles. The molecule has 11 nitrogen and oxygen atoms in total. The molecule has 0 aliphatic carbocycles. The van der Waals surface area contributed by atoms with Gasteiger partial charge in [0, 0.05) is 12.1 Å². The van der Waals surface area contributed by atoms with Crippen LogP contribution in [0.25, 0.3) is 0 Å². The van der Waals surface area contributed by atoms with E-state index in [1.165, 1.54) is 0 Å². The van der Waals surface area contributed by atoms with Crippen molar-refractivity contribution >= 4 is 17.3 Å². The van der Waals surface area contributed by atoms with E-state index in [9.17, 15) is 29.4 Å². The number of hydrogen-bond donors (Lipinski definition) is 1. The minimum Gasteiger partial charge on any atom is -0.476 e. The molecule has 0 aliphatic heterocycles. The number of carboxylic acid groups (broad SMARTS) is 1. The quantitative estimate of drug-likeness (QED) is 0.620. The summed E-state index contributed by atoms with van der Waals surface area (Å²) in [4.78, 5) is 30.6. The van der Waals surface area contributed by atoms with Crippen molar-refractivity contribution < 1.29 is 28.9 Å². The molecule has 2 aromatic rings. The molecule has 1 N–H and O–H groups in total. The number of nitrogens with zero attached hydrogens (tertiary/aromatic N) is 4. The minimum atomic E-state index is -1.62. The molecule has 0 saturated carbocycles. The van der Waals surface area contributed by atoms with E-state index >= 15 is 0 Å². The maximum Gasteiger partial charge on any atom is 0.363 e. The van der Waals surface area contributed by atoms with Gasteiger partial charge < -0.3 is 9.84 Å². The molecule has 1 aromatic carbocycles. The fourth-order valence-electron chi connectivity index (χ4n) is 1.65. The van der Waals surface area contributed by atoms with E-state index in [0.29, 0.717) is 0 Å². The van der Waals surface area contributed by atoms with E-state index in [1.54, 1.807) is 0 Å². The standard InChI is InChI=1S/C11H7FN4O7/c12-6-1-2-7(15(19)20)9(3-6)23-5-14-4-8(16(21)22)10(13-14)11(17)18/h1-4H,5H2,(H,17,18). The maximum absolute atomic E-state index is 13.1. The van der Waals surface area contributed by atoms with E-state index in [2.05, 4.69) is 5.10 Å². The highest BCUT2D eigenvalue weighted by Crippen LogP contribution is 2.28. The lowest BCUT2D eigenvalue weighted by Gasteiger charge is -2.06. The summed E-state index contributed by atoms with van der Waals surface area (Å²) < 4.78 is 18.9. The van der Waals surface area contributed by atoms with Crippen LogP contribution in [0.5, 0.6) is 5.75 Å². The first kappa shape index (κ1) is 15.8. The molecule has 0 fully saturated rings. The highest BCUT2D eigenvalue weighted by molar-refractivity contribution is 5.89. The Kier molecular flexibility index (Phi) is 4.16. The monoisotopic (exact) mass is 326 g/mol. The van der Waals surface area contributed by atoms with Crippen LogP contribution >= 0.6 is 0 Å². The van der Waals surface area contributed by atoms with Crippen molar-refractivity contribution in [1.29, 1.82) is 0 Å². The number of carboxylic acids is 1. The predicted octanol–water partition coefficient (Wildman–Crippen LogP) is 1.57. The number of halogens is 1. The van der Waals surface area contributed by atoms with Crippen molar-refractivity contribution in [2.75, 3.05) is 0 Å². The van der Waals surface area contributed by atoms with Crippen LogP contribution in [0, 0.1) is 26.0 Å². The third-order valence-corrected chi connectivity index (χ3v) is 2.61. The summed E-state index contributed by atoms with van der Waals surface area (Å²) in [6.07, 6.45) is 0.786. The fourth-order valence-corrected chi connectivity index (χ4v) is 1.65. The molecule has 0 saturated heterocycles. The van der Waals surface area contributed by atoms with Crippen LogP contribution in [0.4, 0.5) is 15.8 Å². The summed E-state index contributed by atoms with van der Waals surface area (Å²) >= 11 is 0. The normalized spacial score (nSPS) is 10.3. The third kappa shape index (κ3) is 3.37. The molecule has 0 atom stereocenters. The molecule has 2 rings (SSSR count). The van der Waals surface area contributed by atoms with Gasteiger partial charge in [0.1, 0.15) is 12.0 Å². The van der Waals surface area contributed by atoms with Crippen molar-refractivity contribution in [1.82, 2.24) is 9.78 Å². The second kappa shape index (κ2) is 6.05. The van der Waals surface area contributed by atoms with Crippen molar-refractivity contribution in [3.05, 3.63) is 56.1 Å². The summed E-state index contributed by atoms with van der Waals surface area (Å²) in [6.45, 7) is -0.585. The Hall–Kier alpha value is -3.57. The average Bonchev–Trinajstić information content (AvgIpc) is 2.89. The Balaban J connectivity index is 2.27. The van der Waals surface area contributed by atoms with Gasteiger partial charge in [-0.25, -0.2) is 13.9 Å². The molecule has 12 heteroatoms. The van der Waals surface area contributed by atoms with Gasteiger partial charge in [-0.2, -0.15) is 5.10 Å². The van der Waals surface area contributed by atoms with Crippen LogP contribution in [0.2, 0.25) is 0 Å². The number of aromatic nitrogens is 2. The molecule has 0 aliphatic rings. The number of rotatable bonds is 6. The first-order chi connectivity index (χ1) is 10.8. The molecule has 23 heavy (non-hydrogen) atoms. The number of aromatic carboxylic acids is 1. The second-order valence-electron chi connectivity index (χ2n) is 4.11. The SMILES string of the molecule is O=C(O)c1nn(COc2cc(F)ccc2[N+](=O)[O-])cc1[N+](=O)[O-]. The van der Waals surface area contributed by atoms with Gasteiger partial charge in [0.2, 0.25) is 11.4 Å². The van der Waals surface area contributed by atoms with E-state index in [1.807, 2.05) is 0 Å². The van der Waals surface area contributed by atoms with E-state index in [-0.39, 0.29) is 0 Å². The van der Waals surface area contributed by atoms with Crippen LogP contribution in [0.1, 0.15) is 10.5 Å². The van der Waals surface area contributed by atoms with Crippen molar-refractivity contribution in [3.63, 3.8) is 0 Å². The van der Waals surface area contributed by atoms with E-state index in [0.717, 1.165) is 29.1 Å². The molecule has 1 heterocycles. The number of nitro groups is 2. The van der Waals surface area contributed by atoms with Crippen LogP contribution in [0.15, 0.2) is 24.4 Å². The van der Waals surface area contributed by atoms with Gasteiger partial charge in [-0.3, -0.25) is 20.2 Å². The highest BCUT2D eigenvalue weighted by atomic mass is 19.1. The molecule has 0 unspecified atom stereocenters. The summed E-state index contributed by atoms with van der Waals surface area (Å²) in [5, 5.41) is 33.7. The number of carbonyl (C=O) groups is 1. The van der Waals surface area contributed by atoms with Crippen molar-refractivity contribution in [3.8, 4) is 5.75 Å². The summed E-state index contributed by atoms with van der Waals surface area (Å²) in [7, 11) is 0. The first-order valence-electron chi connectivity index (χ1n) is 5.81. The Morgan fingerprint density at radius 2 is 1.96 bits per heavy atom. The molecule has 0 spiro atoms. The minimum absolute atomic E-state index is 0.426. The van der Waals surface area contributed by atoms with Gasteiger partial charge >= 0.3 is 17.3 Å². The lowest BCUT2D eigenvalue weighted by molar-refractivity contribution is -0.386.